The number of ether oxygens (including phenoxy) is 2. The van der Waals surface area contributed by atoms with Gasteiger partial charge in [0, 0.05) is 5.92 Å². The molecule has 8 nitrogen and oxygen atoms in total. The number of phenols is 1. The molecule has 9 heteroatoms. The van der Waals surface area contributed by atoms with Gasteiger partial charge in [0.15, 0.2) is 23.0 Å². The van der Waals surface area contributed by atoms with Crippen LogP contribution in [0.5, 0.6) is 11.5 Å². The van der Waals surface area contributed by atoms with Gasteiger partial charge in [-0.3, -0.25) is 14.5 Å². The number of hydrogen-bond donors (Lipinski definition) is 1. The fourth-order valence-electron chi connectivity index (χ4n) is 4.89. The maximum atomic E-state index is 13.7. The molecule has 1 aromatic heterocycles. The number of hydrogen-bond acceptors (Lipinski definition) is 8. The molecule has 2 aromatic rings. The Morgan fingerprint density at radius 2 is 2.03 bits per heavy atom. The maximum Gasteiger partial charge on any atom is 0.296 e. The summed E-state index contributed by atoms with van der Waals surface area (Å²) in [5.41, 5.74) is 1.03. The van der Waals surface area contributed by atoms with Crippen molar-refractivity contribution in [3.05, 3.63) is 40.1 Å². The van der Waals surface area contributed by atoms with Crippen molar-refractivity contribution in [1.82, 2.24) is 10.2 Å². The lowest BCUT2D eigenvalue weighted by atomic mass is 9.77. The molecule has 1 aromatic carbocycles. The Morgan fingerprint density at radius 3 is 2.76 bits per heavy atom. The fourth-order valence-corrected chi connectivity index (χ4v) is 5.76. The zero-order valence-corrected chi connectivity index (χ0v) is 19.7. The Balaban J connectivity index is 1.65. The lowest BCUT2D eigenvalue weighted by Crippen LogP contribution is -2.39. The number of anilines is 1. The zero-order chi connectivity index (χ0) is 23.3. The van der Waals surface area contributed by atoms with Gasteiger partial charge in [0.05, 0.1) is 24.1 Å². The minimum atomic E-state index is -0.712. The predicted octanol–water partition coefficient (Wildman–Crippen LogP) is 4.27. The number of fused-ring (bicyclic) bond motifs is 1. The predicted molar refractivity (Wildman–Crippen MR) is 122 cm³/mol. The van der Waals surface area contributed by atoms with Gasteiger partial charge in [-0.1, -0.05) is 37.7 Å². The molecular weight excluding hydrogens is 442 g/mol. The van der Waals surface area contributed by atoms with Crippen molar-refractivity contribution in [3.8, 4) is 11.5 Å². The smallest absolute Gasteiger partial charge is 0.296 e. The number of aromatic hydroxyl groups is 1. The van der Waals surface area contributed by atoms with E-state index >= 15 is 0 Å². The number of nitrogens with zero attached hydrogens (tertiary/aromatic N) is 3. The van der Waals surface area contributed by atoms with Gasteiger partial charge in [0.25, 0.3) is 5.91 Å². The Labute approximate surface area is 196 Å². The molecule has 3 atom stereocenters. The molecule has 3 aliphatic rings. The van der Waals surface area contributed by atoms with E-state index in [-0.39, 0.29) is 41.1 Å². The molecule has 0 radical (unpaired) electrons. The topological polar surface area (TPSA) is 102 Å². The van der Waals surface area contributed by atoms with E-state index in [4.69, 9.17) is 9.47 Å². The minimum Gasteiger partial charge on any atom is -0.504 e. The van der Waals surface area contributed by atoms with Gasteiger partial charge >= 0.3 is 0 Å². The summed E-state index contributed by atoms with van der Waals surface area (Å²) in [6, 6.07) is 4.21. The van der Waals surface area contributed by atoms with Gasteiger partial charge in [-0.15, -0.1) is 10.2 Å². The third kappa shape index (κ3) is 3.58. The molecule has 2 aliphatic heterocycles. The molecule has 174 valence electrons. The number of phenolic OH excluding ortho intramolecular Hbond substituents is 1. The summed E-state index contributed by atoms with van der Waals surface area (Å²) in [6.07, 6.45) is 3.24. The quantitative estimate of drug-likeness (QED) is 0.698. The fraction of sp³-hybridized carbons (Fsp3) is 0.500. The van der Waals surface area contributed by atoms with E-state index in [1.165, 1.54) is 22.3 Å². The SMILES string of the molecule is CCOc1cc(C2C3=C(OC4CCCCC4C3=O)C(=O)N2c2nnc(C(C)C)s2)ccc1O. The van der Waals surface area contributed by atoms with Gasteiger partial charge in [-0.2, -0.15) is 0 Å². The summed E-state index contributed by atoms with van der Waals surface area (Å²) in [6.45, 7) is 6.23. The maximum absolute atomic E-state index is 13.7. The largest absolute Gasteiger partial charge is 0.504 e. The number of carbonyl (C=O) groups is 2. The summed E-state index contributed by atoms with van der Waals surface area (Å²) >= 11 is 1.34. The Kier molecular flexibility index (Phi) is 5.60. The molecule has 0 spiro atoms. The number of Topliss-reactive ketones (excluding diaryl/α,β-unsaturated/α-hetero) is 1. The van der Waals surface area contributed by atoms with Crippen LogP contribution in [0.1, 0.15) is 69.0 Å². The van der Waals surface area contributed by atoms with E-state index in [1.54, 1.807) is 12.1 Å². The van der Waals surface area contributed by atoms with Crippen LogP contribution in [0.4, 0.5) is 5.13 Å². The first-order valence-corrected chi connectivity index (χ1v) is 12.3. The van der Waals surface area contributed by atoms with Crippen LogP contribution in [-0.2, 0) is 14.3 Å². The Morgan fingerprint density at radius 1 is 1.24 bits per heavy atom. The molecule has 0 saturated heterocycles. The number of amides is 1. The third-order valence-electron chi connectivity index (χ3n) is 6.49. The van der Waals surface area contributed by atoms with Gasteiger partial charge in [-0.25, -0.2) is 0 Å². The standard InChI is InChI=1S/C24H27N3O5S/c1-4-31-17-11-13(9-10-15(17)28)19-18-20(29)14-7-5-6-8-16(14)32-21(18)23(30)27(19)24-26-25-22(33-24)12(2)3/h9-12,14,16,19,28H,4-8H2,1-3H3. The first kappa shape index (κ1) is 21.9. The van der Waals surface area contributed by atoms with E-state index in [0.717, 1.165) is 30.7 Å². The summed E-state index contributed by atoms with van der Waals surface area (Å²) in [5, 5.41) is 20.0. The van der Waals surface area contributed by atoms with Crippen LogP contribution in [0, 0.1) is 5.92 Å². The van der Waals surface area contributed by atoms with Crippen LogP contribution < -0.4 is 9.64 Å². The first-order chi connectivity index (χ1) is 15.9. The van der Waals surface area contributed by atoms with Crippen LogP contribution in [-0.4, -0.2) is 39.7 Å². The van der Waals surface area contributed by atoms with Crippen LogP contribution in [0.3, 0.4) is 0 Å². The number of rotatable bonds is 5. The molecule has 1 fully saturated rings. The van der Waals surface area contributed by atoms with Crippen LogP contribution >= 0.6 is 11.3 Å². The Hall–Kier alpha value is -2.94. The lowest BCUT2D eigenvalue weighted by Gasteiger charge is -2.35. The van der Waals surface area contributed by atoms with Crippen molar-refractivity contribution in [2.75, 3.05) is 11.5 Å². The third-order valence-corrected chi connectivity index (χ3v) is 7.72. The highest BCUT2D eigenvalue weighted by Crippen LogP contribution is 2.49. The van der Waals surface area contributed by atoms with Gasteiger partial charge in [0.1, 0.15) is 11.1 Å². The average Bonchev–Trinajstić information content (AvgIpc) is 3.39. The number of carbonyl (C=O) groups excluding carboxylic acids is 2. The monoisotopic (exact) mass is 469 g/mol. The highest BCUT2D eigenvalue weighted by atomic mass is 32.1. The molecule has 1 aliphatic carbocycles. The summed E-state index contributed by atoms with van der Waals surface area (Å²) in [7, 11) is 0. The molecule has 3 unspecified atom stereocenters. The van der Waals surface area contributed by atoms with Gasteiger partial charge < -0.3 is 14.6 Å². The molecular formula is C24H27N3O5S. The normalized spacial score (nSPS) is 24.7. The van der Waals surface area contributed by atoms with Gasteiger partial charge in [-0.05, 0) is 43.9 Å². The molecule has 0 bridgehead atoms. The highest BCUT2D eigenvalue weighted by Gasteiger charge is 2.53. The number of benzene rings is 1. The second-order valence-corrected chi connectivity index (χ2v) is 9.96. The summed E-state index contributed by atoms with van der Waals surface area (Å²) in [5.74, 6) is -0.0452. The van der Waals surface area contributed by atoms with Crippen molar-refractivity contribution < 1.29 is 24.2 Å². The minimum absolute atomic E-state index is 0.00208. The molecule has 33 heavy (non-hydrogen) atoms. The average molecular weight is 470 g/mol. The van der Waals surface area contributed by atoms with Crippen molar-refractivity contribution in [1.29, 1.82) is 0 Å². The van der Waals surface area contributed by atoms with Crippen molar-refractivity contribution in [3.63, 3.8) is 0 Å². The Bertz CT molecular complexity index is 1140. The van der Waals surface area contributed by atoms with Crippen molar-refractivity contribution >= 4 is 28.2 Å². The van der Waals surface area contributed by atoms with E-state index in [0.29, 0.717) is 28.6 Å². The van der Waals surface area contributed by atoms with Crippen molar-refractivity contribution in [2.45, 2.75) is 64.5 Å². The second-order valence-electron chi connectivity index (χ2n) is 8.97. The van der Waals surface area contributed by atoms with Crippen LogP contribution in [0.2, 0.25) is 0 Å². The molecule has 1 saturated carbocycles. The molecule has 1 amide bonds. The second kappa shape index (κ2) is 8.44. The zero-order valence-electron chi connectivity index (χ0n) is 18.9. The van der Waals surface area contributed by atoms with Crippen LogP contribution in [0.15, 0.2) is 29.5 Å². The molecule has 5 rings (SSSR count). The highest BCUT2D eigenvalue weighted by molar-refractivity contribution is 7.15. The number of ketones is 1. The van der Waals surface area contributed by atoms with E-state index < -0.39 is 6.04 Å². The lowest BCUT2D eigenvalue weighted by molar-refractivity contribution is -0.131. The van der Waals surface area contributed by atoms with E-state index in [2.05, 4.69) is 10.2 Å². The molecule has 3 heterocycles. The first-order valence-electron chi connectivity index (χ1n) is 11.5. The summed E-state index contributed by atoms with van der Waals surface area (Å²) < 4.78 is 11.8. The van der Waals surface area contributed by atoms with Crippen molar-refractivity contribution in [2.24, 2.45) is 5.92 Å². The van der Waals surface area contributed by atoms with E-state index in [9.17, 15) is 14.7 Å². The van der Waals surface area contributed by atoms with E-state index in [1.807, 2.05) is 20.8 Å². The van der Waals surface area contributed by atoms with Gasteiger partial charge in [0.2, 0.25) is 5.13 Å². The molecule has 1 N–H and O–H groups in total. The number of aromatic nitrogens is 2. The summed E-state index contributed by atoms with van der Waals surface area (Å²) in [4.78, 5) is 28.9. The van der Waals surface area contributed by atoms with Crippen LogP contribution in [0.25, 0.3) is 0 Å².